The average molecular weight is 285 g/mol. The van der Waals surface area contributed by atoms with Crippen molar-refractivity contribution in [1.82, 2.24) is 4.90 Å². The number of likely N-dealkylation sites (tertiary alicyclic amines) is 1. The number of aliphatic hydroxyl groups is 1. The van der Waals surface area contributed by atoms with E-state index < -0.39 is 23.7 Å². The minimum absolute atomic E-state index is 0.0210. The summed E-state index contributed by atoms with van der Waals surface area (Å²) in [6.45, 7) is 7.33. The summed E-state index contributed by atoms with van der Waals surface area (Å²) in [4.78, 5) is 25.7. The molecule has 1 aliphatic heterocycles. The monoisotopic (exact) mass is 285 g/mol. The lowest BCUT2D eigenvalue weighted by molar-refractivity contribution is -0.149. The van der Waals surface area contributed by atoms with Gasteiger partial charge in [-0.05, 0) is 40.5 Å². The Labute approximate surface area is 119 Å². The van der Waals surface area contributed by atoms with Gasteiger partial charge in [-0.1, -0.05) is 0 Å². The van der Waals surface area contributed by atoms with Crippen LogP contribution in [0, 0.1) is 5.41 Å². The maximum atomic E-state index is 12.3. The van der Waals surface area contributed by atoms with E-state index in [1.165, 1.54) is 4.90 Å². The summed E-state index contributed by atoms with van der Waals surface area (Å²) in [5.41, 5.74) is -0.954. The molecule has 1 saturated heterocycles. The lowest BCUT2D eigenvalue weighted by Gasteiger charge is -2.29. The van der Waals surface area contributed by atoms with Gasteiger partial charge in [-0.2, -0.15) is 0 Å². The molecule has 6 heteroatoms. The van der Waals surface area contributed by atoms with Crippen molar-refractivity contribution < 1.29 is 24.2 Å². The molecule has 2 rings (SSSR count). The Bertz CT molecular complexity index is 416. The lowest BCUT2D eigenvalue weighted by atomic mass is 10.0. The largest absolute Gasteiger partial charge is 0.464 e. The van der Waals surface area contributed by atoms with Crippen LogP contribution in [0.5, 0.6) is 0 Å². The number of esters is 1. The van der Waals surface area contributed by atoms with Crippen molar-refractivity contribution in [2.24, 2.45) is 5.41 Å². The molecule has 114 valence electrons. The van der Waals surface area contributed by atoms with Crippen LogP contribution < -0.4 is 0 Å². The van der Waals surface area contributed by atoms with Crippen LogP contribution in [-0.2, 0) is 14.3 Å². The number of nitrogens with zero attached hydrogens (tertiary/aromatic N) is 1. The van der Waals surface area contributed by atoms with Gasteiger partial charge in [0.05, 0.1) is 13.2 Å². The van der Waals surface area contributed by atoms with Gasteiger partial charge in [0.2, 0.25) is 0 Å². The molecular formula is C14H23NO5. The van der Waals surface area contributed by atoms with Crippen molar-refractivity contribution in [2.45, 2.75) is 58.2 Å². The van der Waals surface area contributed by atoms with E-state index in [4.69, 9.17) is 9.47 Å². The van der Waals surface area contributed by atoms with E-state index in [0.717, 1.165) is 6.42 Å². The van der Waals surface area contributed by atoms with E-state index in [1.807, 2.05) is 0 Å². The van der Waals surface area contributed by atoms with Crippen molar-refractivity contribution in [3.05, 3.63) is 0 Å². The molecule has 2 fully saturated rings. The molecule has 6 nitrogen and oxygen atoms in total. The van der Waals surface area contributed by atoms with Gasteiger partial charge in [-0.3, -0.25) is 4.90 Å². The van der Waals surface area contributed by atoms with E-state index in [0.29, 0.717) is 6.42 Å². The predicted molar refractivity (Wildman–Crippen MR) is 71.0 cm³/mol. The fourth-order valence-electron chi connectivity index (χ4n) is 2.88. The van der Waals surface area contributed by atoms with Gasteiger partial charge in [-0.15, -0.1) is 0 Å². The van der Waals surface area contributed by atoms with Crippen molar-refractivity contribution in [3.63, 3.8) is 0 Å². The highest BCUT2D eigenvalue weighted by Gasteiger charge is 2.68. The van der Waals surface area contributed by atoms with Crippen LogP contribution in [0.3, 0.4) is 0 Å². The Morgan fingerprint density at radius 2 is 2.00 bits per heavy atom. The molecule has 0 aromatic carbocycles. The average Bonchev–Trinajstić information content (AvgIpc) is 2.93. The molecule has 3 atom stereocenters. The van der Waals surface area contributed by atoms with Gasteiger partial charge < -0.3 is 14.6 Å². The van der Waals surface area contributed by atoms with E-state index in [-0.39, 0.29) is 24.7 Å². The first-order valence-corrected chi connectivity index (χ1v) is 7.03. The van der Waals surface area contributed by atoms with Gasteiger partial charge in [-0.25, -0.2) is 9.59 Å². The fourth-order valence-corrected chi connectivity index (χ4v) is 2.88. The number of carbonyl (C=O) groups is 2. The Hall–Kier alpha value is -1.30. The van der Waals surface area contributed by atoms with Crippen LogP contribution in [0.1, 0.15) is 40.5 Å². The van der Waals surface area contributed by atoms with Gasteiger partial charge in [0.25, 0.3) is 0 Å². The Morgan fingerprint density at radius 3 is 2.50 bits per heavy atom. The summed E-state index contributed by atoms with van der Waals surface area (Å²) in [6, 6.07) is -0.757. The van der Waals surface area contributed by atoms with E-state index in [2.05, 4.69) is 0 Å². The smallest absolute Gasteiger partial charge is 0.411 e. The van der Waals surface area contributed by atoms with E-state index in [9.17, 15) is 14.7 Å². The van der Waals surface area contributed by atoms with Crippen LogP contribution in [0.25, 0.3) is 0 Å². The number of fused-ring (bicyclic) bond motifs is 1. The molecule has 0 bridgehead atoms. The second-order valence-electron chi connectivity index (χ2n) is 6.60. The number of hydrogen-bond donors (Lipinski definition) is 1. The first-order chi connectivity index (χ1) is 9.24. The van der Waals surface area contributed by atoms with Gasteiger partial charge in [0.1, 0.15) is 11.6 Å². The Balaban J connectivity index is 2.15. The molecular weight excluding hydrogens is 262 g/mol. The van der Waals surface area contributed by atoms with Crippen LogP contribution >= 0.6 is 0 Å². The highest BCUT2D eigenvalue weighted by Crippen LogP contribution is 2.59. The minimum atomic E-state index is -0.643. The number of aliphatic hydroxyl groups excluding tert-OH is 1. The number of carbonyl (C=O) groups excluding carboxylic acids is 2. The molecule has 1 saturated carbocycles. The number of hydrogen-bond acceptors (Lipinski definition) is 5. The molecule has 0 aromatic rings. The number of amides is 1. The van der Waals surface area contributed by atoms with E-state index >= 15 is 0 Å². The summed E-state index contributed by atoms with van der Waals surface area (Å²) in [5.74, 6) is -0.418. The van der Waals surface area contributed by atoms with Crippen LogP contribution in [0.15, 0.2) is 0 Å². The second-order valence-corrected chi connectivity index (χ2v) is 6.60. The van der Waals surface area contributed by atoms with E-state index in [1.54, 1.807) is 27.7 Å². The van der Waals surface area contributed by atoms with Crippen LogP contribution in [0.4, 0.5) is 4.79 Å². The first kappa shape index (κ1) is 15.1. The SMILES string of the molecule is CCOC(=O)[C@@H]1C[C@]2(CO)C[C@@H]2N1C(=O)OC(C)(C)C. The van der Waals surface area contributed by atoms with Crippen LogP contribution in [-0.4, -0.2) is 53.0 Å². The highest BCUT2D eigenvalue weighted by atomic mass is 16.6. The molecule has 20 heavy (non-hydrogen) atoms. The molecule has 1 amide bonds. The highest BCUT2D eigenvalue weighted by molar-refractivity contribution is 5.83. The number of rotatable bonds is 3. The molecule has 0 spiro atoms. The molecule has 1 N–H and O–H groups in total. The standard InChI is InChI=1S/C14H23NO5/c1-5-19-11(17)9-6-14(8-16)7-10(14)15(9)12(18)20-13(2,3)4/h9-10,16H,5-8H2,1-4H3/t9-,10-,14+/m0/s1. The Morgan fingerprint density at radius 1 is 1.35 bits per heavy atom. The maximum Gasteiger partial charge on any atom is 0.411 e. The zero-order valence-electron chi connectivity index (χ0n) is 12.5. The quantitative estimate of drug-likeness (QED) is 0.791. The first-order valence-electron chi connectivity index (χ1n) is 7.03. The van der Waals surface area contributed by atoms with Gasteiger partial charge in [0.15, 0.2) is 0 Å². The van der Waals surface area contributed by atoms with Crippen molar-refractivity contribution in [1.29, 1.82) is 0 Å². The lowest BCUT2D eigenvalue weighted by Crippen LogP contribution is -2.46. The molecule has 0 radical (unpaired) electrons. The maximum absolute atomic E-state index is 12.3. The zero-order valence-corrected chi connectivity index (χ0v) is 12.5. The topological polar surface area (TPSA) is 76.1 Å². The summed E-state index contributed by atoms with van der Waals surface area (Å²) in [7, 11) is 0. The zero-order chi connectivity index (χ0) is 15.1. The minimum Gasteiger partial charge on any atom is -0.464 e. The van der Waals surface area contributed by atoms with Crippen molar-refractivity contribution in [2.75, 3.05) is 13.2 Å². The Kier molecular flexibility index (Phi) is 3.71. The van der Waals surface area contributed by atoms with Gasteiger partial charge >= 0.3 is 12.1 Å². The third kappa shape index (κ3) is 2.61. The third-order valence-corrected chi connectivity index (χ3v) is 3.90. The second kappa shape index (κ2) is 4.91. The van der Waals surface area contributed by atoms with Gasteiger partial charge in [0, 0.05) is 11.5 Å². The molecule has 0 aromatic heterocycles. The van der Waals surface area contributed by atoms with Crippen molar-refractivity contribution >= 4 is 12.1 Å². The predicted octanol–water partition coefficient (Wildman–Crippen LogP) is 1.31. The summed E-state index contributed by atoms with van der Waals surface area (Å²) in [6.07, 6.45) is 0.665. The number of piperidine rings is 1. The molecule has 2 aliphatic rings. The summed E-state index contributed by atoms with van der Waals surface area (Å²) >= 11 is 0. The third-order valence-electron chi connectivity index (χ3n) is 3.90. The van der Waals surface area contributed by atoms with Crippen LogP contribution in [0.2, 0.25) is 0 Å². The normalized spacial score (nSPS) is 31.8. The van der Waals surface area contributed by atoms with Crippen molar-refractivity contribution in [3.8, 4) is 0 Å². The summed E-state index contributed by atoms with van der Waals surface area (Å²) in [5, 5.41) is 9.50. The molecule has 0 unspecified atom stereocenters. The fraction of sp³-hybridized carbons (Fsp3) is 0.857. The summed E-state index contributed by atoms with van der Waals surface area (Å²) < 4.78 is 10.4. The molecule has 1 aliphatic carbocycles. The molecule has 1 heterocycles. The number of ether oxygens (including phenoxy) is 2.